The van der Waals surface area contributed by atoms with E-state index in [0.717, 1.165) is 11.5 Å². The maximum Gasteiger partial charge on any atom is 0.315 e. The average Bonchev–Trinajstić information content (AvgIpc) is 3.10. The number of aryl methyl sites for hydroxylation is 1. The molecule has 0 bridgehead atoms. The van der Waals surface area contributed by atoms with Gasteiger partial charge in [0.2, 0.25) is 0 Å². The number of carbonyl (C=O) groups is 1. The van der Waals surface area contributed by atoms with Crippen molar-refractivity contribution in [1.29, 1.82) is 0 Å². The zero-order valence-electron chi connectivity index (χ0n) is 13.4. The summed E-state index contributed by atoms with van der Waals surface area (Å²) in [5, 5.41) is 7.87. The van der Waals surface area contributed by atoms with Crippen LogP contribution in [0.5, 0.6) is 0 Å². The summed E-state index contributed by atoms with van der Waals surface area (Å²) in [5.74, 6) is 1.60. The van der Waals surface area contributed by atoms with Crippen LogP contribution >= 0.6 is 11.3 Å². The maximum atomic E-state index is 12.1. The molecule has 5 nitrogen and oxygen atoms in total. The molecule has 2 N–H and O–H groups in total. The Balaban J connectivity index is 1.86. The lowest BCUT2D eigenvalue weighted by Crippen LogP contribution is -2.41. The molecule has 0 aliphatic carbocycles. The van der Waals surface area contributed by atoms with Gasteiger partial charge in [-0.1, -0.05) is 6.07 Å². The first kappa shape index (κ1) is 16.6. The number of hydrogen-bond donors (Lipinski definition) is 2. The van der Waals surface area contributed by atoms with E-state index in [2.05, 4.69) is 21.6 Å². The Labute approximate surface area is 135 Å². The van der Waals surface area contributed by atoms with Crippen molar-refractivity contribution < 1.29 is 9.21 Å². The molecule has 0 saturated carbocycles. The lowest BCUT2D eigenvalue weighted by atomic mass is 10.2. The minimum Gasteiger partial charge on any atom is -0.464 e. The van der Waals surface area contributed by atoms with Crippen LogP contribution in [0.2, 0.25) is 0 Å². The molecule has 2 heterocycles. The van der Waals surface area contributed by atoms with Gasteiger partial charge in [0.15, 0.2) is 0 Å². The van der Waals surface area contributed by atoms with Gasteiger partial charge in [-0.15, -0.1) is 11.3 Å². The van der Waals surface area contributed by atoms with Crippen molar-refractivity contribution in [2.45, 2.75) is 25.9 Å². The molecule has 2 aromatic heterocycles. The Hall–Kier alpha value is -1.79. The highest BCUT2D eigenvalue weighted by Gasteiger charge is 2.17. The first-order chi connectivity index (χ1) is 10.5. The van der Waals surface area contributed by atoms with Gasteiger partial charge in [0, 0.05) is 11.4 Å². The third-order valence-corrected chi connectivity index (χ3v) is 4.46. The fourth-order valence-corrected chi connectivity index (χ4v) is 3.14. The summed E-state index contributed by atoms with van der Waals surface area (Å²) in [6, 6.07) is 7.71. The molecule has 0 aromatic carbocycles. The summed E-state index contributed by atoms with van der Waals surface area (Å²) in [7, 11) is 4.02. The molecular formula is C16H23N3O2S. The largest absolute Gasteiger partial charge is 0.464 e. The van der Waals surface area contributed by atoms with Crippen molar-refractivity contribution in [3.8, 4) is 0 Å². The number of hydrogen-bond acceptors (Lipinski definition) is 4. The molecule has 0 aliphatic heterocycles. The summed E-state index contributed by atoms with van der Waals surface area (Å²) in [4.78, 5) is 15.4. The minimum atomic E-state index is -0.190. The third-order valence-electron chi connectivity index (χ3n) is 3.49. The zero-order chi connectivity index (χ0) is 16.1. The van der Waals surface area contributed by atoms with Crippen molar-refractivity contribution in [2.24, 2.45) is 0 Å². The quantitative estimate of drug-likeness (QED) is 0.858. The topological polar surface area (TPSA) is 57.5 Å². The third kappa shape index (κ3) is 4.35. The van der Waals surface area contributed by atoms with Crippen LogP contribution in [0.3, 0.4) is 0 Å². The number of furan rings is 1. The predicted octanol–water partition coefficient (Wildman–Crippen LogP) is 3.31. The zero-order valence-corrected chi connectivity index (χ0v) is 14.2. The highest BCUT2D eigenvalue weighted by Crippen LogP contribution is 2.22. The molecule has 2 amide bonds. The monoisotopic (exact) mass is 321 g/mol. The molecule has 120 valence electrons. The van der Waals surface area contributed by atoms with Crippen molar-refractivity contribution in [1.82, 2.24) is 15.5 Å². The second-order valence-electron chi connectivity index (χ2n) is 5.52. The maximum absolute atomic E-state index is 12.1. The Morgan fingerprint density at radius 2 is 2.14 bits per heavy atom. The Bertz CT molecular complexity index is 592. The van der Waals surface area contributed by atoms with Crippen molar-refractivity contribution in [3.63, 3.8) is 0 Å². The average molecular weight is 321 g/mol. The molecule has 22 heavy (non-hydrogen) atoms. The van der Waals surface area contributed by atoms with Gasteiger partial charge < -0.3 is 20.0 Å². The number of carbonyl (C=O) groups excluding carboxylic acids is 1. The number of nitrogens with zero attached hydrogens (tertiary/aromatic N) is 1. The van der Waals surface area contributed by atoms with E-state index < -0.39 is 0 Å². The van der Waals surface area contributed by atoms with Crippen LogP contribution < -0.4 is 10.6 Å². The van der Waals surface area contributed by atoms with E-state index in [1.807, 2.05) is 51.5 Å². The van der Waals surface area contributed by atoms with Gasteiger partial charge in [0.25, 0.3) is 0 Å². The summed E-state index contributed by atoms with van der Waals surface area (Å²) in [5.41, 5.74) is 0. The highest BCUT2D eigenvalue weighted by atomic mass is 32.1. The van der Waals surface area contributed by atoms with Crippen LogP contribution in [0.1, 0.15) is 35.4 Å². The van der Waals surface area contributed by atoms with E-state index >= 15 is 0 Å². The molecule has 2 atom stereocenters. The smallest absolute Gasteiger partial charge is 0.315 e. The van der Waals surface area contributed by atoms with E-state index in [-0.39, 0.29) is 18.1 Å². The number of rotatable bonds is 6. The summed E-state index contributed by atoms with van der Waals surface area (Å²) >= 11 is 1.70. The first-order valence-electron chi connectivity index (χ1n) is 7.28. The van der Waals surface area contributed by atoms with E-state index in [0.29, 0.717) is 6.54 Å². The molecule has 0 aliphatic rings. The van der Waals surface area contributed by atoms with Gasteiger partial charge in [0.05, 0.1) is 12.1 Å². The first-order valence-corrected chi connectivity index (χ1v) is 8.16. The summed E-state index contributed by atoms with van der Waals surface area (Å²) in [6.07, 6.45) is 0. The number of urea groups is 1. The lowest BCUT2D eigenvalue weighted by molar-refractivity contribution is 0.229. The van der Waals surface area contributed by atoms with Crippen LogP contribution in [0.25, 0.3) is 0 Å². The van der Waals surface area contributed by atoms with E-state index in [1.165, 1.54) is 4.88 Å². The fraction of sp³-hybridized carbons (Fsp3) is 0.438. The van der Waals surface area contributed by atoms with E-state index in [4.69, 9.17) is 4.42 Å². The van der Waals surface area contributed by atoms with Crippen LogP contribution in [0, 0.1) is 6.92 Å². The number of thiophene rings is 1. The number of amides is 2. The van der Waals surface area contributed by atoms with Crippen molar-refractivity contribution in [3.05, 3.63) is 46.0 Å². The standard InChI is InChI=1S/C16H23N3O2S/c1-11-7-8-14(21-11)12(2)18-16(20)17-10-13(19(3)4)15-6-5-9-22-15/h5-9,12-13H,10H2,1-4H3,(H2,17,18,20)/t12-,13-/m1/s1. The van der Waals surface area contributed by atoms with Crippen LogP contribution in [-0.2, 0) is 0 Å². The summed E-state index contributed by atoms with van der Waals surface area (Å²) in [6.45, 7) is 4.35. The number of likely N-dealkylation sites (N-methyl/N-ethyl adjacent to an activating group) is 1. The lowest BCUT2D eigenvalue weighted by Gasteiger charge is -2.24. The molecule has 0 fully saturated rings. The Kier molecular flexibility index (Phi) is 5.63. The molecular weight excluding hydrogens is 298 g/mol. The molecule has 6 heteroatoms. The van der Waals surface area contributed by atoms with Gasteiger partial charge in [-0.25, -0.2) is 4.79 Å². The summed E-state index contributed by atoms with van der Waals surface area (Å²) < 4.78 is 5.52. The van der Waals surface area contributed by atoms with E-state index in [9.17, 15) is 4.79 Å². The molecule has 2 aromatic rings. The normalized spacial score (nSPS) is 13.9. The SMILES string of the molecule is Cc1ccc([C@@H](C)NC(=O)NC[C@H](c2cccs2)N(C)C)o1. The van der Waals surface area contributed by atoms with Crippen LogP contribution in [0.4, 0.5) is 4.79 Å². The molecule has 0 saturated heterocycles. The van der Waals surface area contributed by atoms with Crippen molar-refractivity contribution in [2.75, 3.05) is 20.6 Å². The van der Waals surface area contributed by atoms with Crippen molar-refractivity contribution >= 4 is 17.4 Å². The molecule has 0 spiro atoms. The predicted molar refractivity (Wildman–Crippen MR) is 89.1 cm³/mol. The van der Waals surface area contributed by atoms with Gasteiger partial charge in [-0.3, -0.25) is 0 Å². The van der Waals surface area contributed by atoms with Crippen LogP contribution in [0.15, 0.2) is 34.1 Å². The molecule has 2 rings (SSSR count). The van der Waals surface area contributed by atoms with Gasteiger partial charge in [0.1, 0.15) is 11.5 Å². The second-order valence-corrected chi connectivity index (χ2v) is 6.50. The van der Waals surface area contributed by atoms with E-state index in [1.54, 1.807) is 11.3 Å². The number of nitrogens with one attached hydrogen (secondary N) is 2. The second kappa shape index (κ2) is 7.47. The Morgan fingerprint density at radius 3 is 2.68 bits per heavy atom. The van der Waals surface area contributed by atoms with Crippen LogP contribution in [-0.4, -0.2) is 31.6 Å². The minimum absolute atomic E-state index is 0.159. The molecule has 0 radical (unpaired) electrons. The van der Waals surface area contributed by atoms with Gasteiger partial charge in [-0.2, -0.15) is 0 Å². The fourth-order valence-electron chi connectivity index (χ4n) is 2.21. The molecule has 0 unspecified atom stereocenters. The Morgan fingerprint density at radius 1 is 1.36 bits per heavy atom. The van der Waals surface area contributed by atoms with Gasteiger partial charge in [-0.05, 0) is 51.5 Å². The van der Waals surface area contributed by atoms with Gasteiger partial charge >= 0.3 is 6.03 Å². The highest BCUT2D eigenvalue weighted by molar-refractivity contribution is 7.10.